The summed E-state index contributed by atoms with van der Waals surface area (Å²) in [7, 11) is -3.76. The van der Waals surface area contributed by atoms with Gasteiger partial charge in [-0.2, -0.15) is 0 Å². The van der Waals surface area contributed by atoms with E-state index in [4.69, 9.17) is 4.74 Å². The van der Waals surface area contributed by atoms with Crippen molar-refractivity contribution in [1.82, 2.24) is 4.72 Å². The zero-order chi connectivity index (χ0) is 23.7. The highest BCUT2D eigenvalue weighted by Gasteiger charge is 2.45. The Bertz CT molecular complexity index is 1180. The Labute approximate surface area is 186 Å². The molecule has 1 aliphatic rings. The predicted octanol–water partition coefficient (Wildman–Crippen LogP) is 2.29. The van der Waals surface area contributed by atoms with Gasteiger partial charge >= 0.3 is 5.97 Å². The van der Waals surface area contributed by atoms with Gasteiger partial charge in [0.2, 0.25) is 15.9 Å². The highest BCUT2D eigenvalue weighted by molar-refractivity contribution is 7.89. The second-order valence-electron chi connectivity index (χ2n) is 7.78. The smallest absolute Gasteiger partial charge is 0.338 e. The van der Waals surface area contributed by atoms with E-state index in [0.717, 1.165) is 0 Å². The molecule has 0 saturated heterocycles. The van der Waals surface area contributed by atoms with Crippen LogP contribution in [0, 0.1) is 0 Å². The molecule has 0 aliphatic carbocycles. The number of carbonyl (C=O) groups excluding carboxylic acids is 3. The maximum absolute atomic E-state index is 13.3. The second-order valence-corrected chi connectivity index (χ2v) is 9.55. The maximum atomic E-state index is 13.3. The maximum Gasteiger partial charge on any atom is 0.338 e. The molecule has 2 amide bonds. The van der Waals surface area contributed by atoms with Gasteiger partial charge in [0.25, 0.3) is 5.91 Å². The third kappa shape index (κ3) is 4.37. The Hall–Kier alpha value is -3.24. The van der Waals surface area contributed by atoms with E-state index in [-0.39, 0.29) is 22.9 Å². The predicted molar refractivity (Wildman–Crippen MR) is 119 cm³/mol. The normalized spacial score (nSPS) is 16.0. The van der Waals surface area contributed by atoms with Crippen LogP contribution in [0.25, 0.3) is 0 Å². The van der Waals surface area contributed by atoms with Crippen molar-refractivity contribution >= 4 is 39.2 Å². The standard InChI is InChI=1S/C22H25N3O6S/c1-5-23-32(29,30)16-10-8-9-15(13-16)20(27)31-14(2)19(26)25-18-12-7-6-11-17(18)24-21(28)22(25,3)4/h6-14,23H,5H2,1-4H3,(H,24,28). The number of nitrogens with one attached hydrogen (secondary N) is 2. The molecule has 170 valence electrons. The lowest BCUT2D eigenvalue weighted by molar-refractivity contribution is -0.131. The SMILES string of the molecule is CCNS(=O)(=O)c1cccc(C(=O)OC(C)C(=O)N2c3ccccc3NC(=O)C2(C)C)c1. The second kappa shape index (κ2) is 8.71. The fourth-order valence-electron chi connectivity index (χ4n) is 3.37. The number of rotatable bonds is 6. The fraction of sp³-hybridized carbons (Fsp3) is 0.318. The van der Waals surface area contributed by atoms with E-state index in [1.807, 2.05) is 0 Å². The zero-order valence-electron chi connectivity index (χ0n) is 18.2. The van der Waals surface area contributed by atoms with Gasteiger partial charge in [0.05, 0.1) is 21.8 Å². The van der Waals surface area contributed by atoms with E-state index in [0.29, 0.717) is 11.4 Å². The summed E-state index contributed by atoms with van der Waals surface area (Å²) in [5.74, 6) is -1.81. The summed E-state index contributed by atoms with van der Waals surface area (Å²) in [6.07, 6.45) is -1.23. The number of nitrogens with zero attached hydrogens (tertiary/aromatic N) is 1. The zero-order valence-corrected chi connectivity index (χ0v) is 19.0. The number of esters is 1. The first-order chi connectivity index (χ1) is 15.0. The number of hydrogen-bond acceptors (Lipinski definition) is 6. The third-order valence-electron chi connectivity index (χ3n) is 5.07. The van der Waals surface area contributed by atoms with Crippen LogP contribution in [-0.4, -0.2) is 44.4 Å². The quantitative estimate of drug-likeness (QED) is 0.639. The van der Waals surface area contributed by atoms with Crippen LogP contribution >= 0.6 is 0 Å². The van der Waals surface area contributed by atoms with Crippen molar-refractivity contribution in [2.75, 3.05) is 16.8 Å². The summed E-state index contributed by atoms with van der Waals surface area (Å²) in [5, 5.41) is 2.77. The Morgan fingerprint density at radius 3 is 2.53 bits per heavy atom. The van der Waals surface area contributed by atoms with Gasteiger partial charge in [0.15, 0.2) is 6.10 Å². The van der Waals surface area contributed by atoms with Crippen LogP contribution in [-0.2, 0) is 24.3 Å². The summed E-state index contributed by atoms with van der Waals surface area (Å²) in [6.45, 7) is 6.44. The monoisotopic (exact) mass is 459 g/mol. The number of fused-ring (bicyclic) bond motifs is 1. The number of sulfonamides is 1. The molecule has 10 heteroatoms. The van der Waals surface area contributed by atoms with Gasteiger partial charge in [-0.15, -0.1) is 0 Å². The van der Waals surface area contributed by atoms with Crippen LogP contribution < -0.4 is 14.9 Å². The molecule has 2 aromatic carbocycles. The average molecular weight is 460 g/mol. The van der Waals surface area contributed by atoms with Gasteiger partial charge in [0, 0.05) is 6.54 Å². The molecule has 0 saturated carbocycles. The van der Waals surface area contributed by atoms with Crippen LogP contribution in [0.5, 0.6) is 0 Å². The molecule has 0 radical (unpaired) electrons. The van der Waals surface area contributed by atoms with Crippen LogP contribution in [0.15, 0.2) is 53.4 Å². The van der Waals surface area contributed by atoms with Gasteiger partial charge in [-0.25, -0.2) is 17.9 Å². The highest BCUT2D eigenvalue weighted by atomic mass is 32.2. The van der Waals surface area contributed by atoms with Gasteiger partial charge in [0.1, 0.15) is 5.54 Å². The molecule has 32 heavy (non-hydrogen) atoms. The average Bonchev–Trinajstić information content (AvgIpc) is 2.74. The number of hydrogen-bond donors (Lipinski definition) is 2. The Morgan fingerprint density at radius 1 is 1.16 bits per heavy atom. The van der Waals surface area contributed by atoms with Crippen molar-refractivity contribution < 1.29 is 27.5 Å². The molecule has 1 unspecified atom stereocenters. The number of amides is 2. The lowest BCUT2D eigenvalue weighted by atomic mass is 9.95. The molecule has 2 N–H and O–H groups in total. The van der Waals surface area contributed by atoms with Crippen molar-refractivity contribution in [3.8, 4) is 0 Å². The summed E-state index contributed by atoms with van der Waals surface area (Å²) in [6, 6.07) is 12.2. The fourth-order valence-corrected chi connectivity index (χ4v) is 4.46. The van der Waals surface area contributed by atoms with E-state index in [2.05, 4.69) is 10.0 Å². The van der Waals surface area contributed by atoms with Crippen molar-refractivity contribution in [3.63, 3.8) is 0 Å². The third-order valence-corrected chi connectivity index (χ3v) is 6.62. The van der Waals surface area contributed by atoms with Gasteiger partial charge < -0.3 is 10.1 Å². The molecule has 3 rings (SSSR count). The van der Waals surface area contributed by atoms with Crippen molar-refractivity contribution in [3.05, 3.63) is 54.1 Å². The minimum atomic E-state index is -3.76. The molecule has 0 spiro atoms. The molecular formula is C22H25N3O6S. The summed E-state index contributed by atoms with van der Waals surface area (Å²) < 4.78 is 32.1. The molecular weight excluding hydrogens is 434 g/mol. The number of anilines is 2. The Balaban J connectivity index is 1.85. The lowest BCUT2D eigenvalue weighted by Gasteiger charge is -2.42. The Kier molecular flexibility index (Phi) is 6.38. The van der Waals surface area contributed by atoms with Crippen molar-refractivity contribution in [2.24, 2.45) is 0 Å². The molecule has 0 aromatic heterocycles. The number of benzene rings is 2. The van der Waals surface area contributed by atoms with Crippen molar-refractivity contribution in [2.45, 2.75) is 44.2 Å². The molecule has 0 fully saturated rings. The van der Waals surface area contributed by atoms with E-state index in [1.165, 1.54) is 36.1 Å². The number of para-hydroxylation sites is 2. The first-order valence-electron chi connectivity index (χ1n) is 10.0. The number of ether oxygens (including phenoxy) is 1. The molecule has 0 bridgehead atoms. The van der Waals surface area contributed by atoms with Crippen LogP contribution in [0.4, 0.5) is 11.4 Å². The molecule has 1 heterocycles. The lowest BCUT2D eigenvalue weighted by Crippen LogP contribution is -2.60. The first-order valence-corrected chi connectivity index (χ1v) is 11.5. The van der Waals surface area contributed by atoms with Crippen molar-refractivity contribution in [1.29, 1.82) is 0 Å². The van der Waals surface area contributed by atoms with E-state index >= 15 is 0 Å². The summed E-state index contributed by atoms with van der Waals surface area (Å²) in [5.41, 5.74) is -0.264. The topological polar surface area (TPSA) is 122 Å². The van der Waals surface area contributed by atoms with Crippen LogP contribution in [0.3, 0.4) is 0 Å². The van der Waals surface area contributed by atoms with Gasteiger partial charge in [-0.1, -0.05) is 25.1 Å². The largest absolute Gasteiger partial charge is 0.449 e. The molecule has 9 nitrogen and oxygen atoms in total. The molecule has 1 aliphatic heterocycles. The Morgan fingerprint density at radius 2 is 1.84 bits per heavy atom. The highest BCUT2D eigenvalue weighted by Crippen LogP contribution is 2.37. The molecule has 2 aromatic rings. The minimum absolute atomic E-state index is 0.0142. The van der Waals surface area contributed by atoms with Crippen LogP contribution in [0.1, 0.15) is 38.1 Å². The number of carbonyl (C=O) groups is 3. The summed E-state index contributed by atoms with van der Waals surface area (Å²) >= 11 is 0. The first kappa shape index (κ1) is 23.4. The van der Waals surface area contributed by atoms with Gasteiger partial charge in [-0.3, -0.25) is 14.5 Å². The van der Waals surface area contributed by atoms with E-state index < -0.39 is 33.5 Å². The van der Waals surface area contributed by atoms with Crippen LogP contribution in [0.2, 0.25) is 0 Å². The van der Waals surface area contributed by atoms with E-state index in [1.54, 1.807) is 45.0 Å². The van der Waals surface area contributed by atoms with Gasteiger partial charge in [-0.05, 0) is 51.1 Å². The minimum Gasteiger partial charge on any atom is -0.449 e. The van der Waals surface area contributed by atoms with E-state index in [9.17, 15) is 22.8 Å². The summed E-state index contributed by atoms with van der Waals surface area (Å²) in [4.78, 5) is 39.7. The molecule has 1 atom stereocenters.